The van der Waals surface area contributed by atoms with Crippen LogP contribution in [0.3, 0.4) is 0 Å². The Balaban J connectivity index is 1.88. The first-order valence-electron chi connectivity index (χ1n) is 9.15. The lowest BCUT2D eigenvalue weighted by atomic mass is 10.1. The molecule has 0 atom stereocenters. The number of amides is 1. The van der Waals surface area contributed by atoms with Crippen LogP contribution in [-0.2, 0) is 35.8 Å². The Morgan fingerprint density at radius 3 is 2.20 bits per heavy atom. The Kier molecular flexibility index (Phi) is 5.42. The summed E-state index contributed by atoms with van der Waals surface area (Å²) in [5.41, 5.74) is 1.25. The highest BCUT2D eigenvalue weighted by Gasteiger charge is 2.26. The van der Waals surface area contributed by atoms with E-state index < -0.39 is 32.7 Å². The molecule has 1 aromatic carbocycles. The minimum absolute atomic E-state index is 0.0985. The lowest BCUT2D eigenvalue weighted by Gasteiger charge is -2.08. The van der Waals surface area contributed by atoms with E-state index in [0.29, 0.717) is 5.69 Å². The average Bonchev–Trinajstić information content (AvgIpc) is 3.00. The van der Waals surface area contributed by atoms with Crippen molar-refractivity contribution in [3.63, 3.8) is 0 Å². The maximum atomic E-state index is 12.8. The maximum Gasteiger partial charge on any atom is 0.332 e. The molecule has 0 spiro atoms. The molecule has 0 aliphatic carbocycles. The largest absolute Gasteiger partial charge is 0.332 e. The van der Waals surface area contributed by atoms with Gasteiger partial charge in [-0.25, -0.2) is 18.2 Å². The number of carbonyl (C=O) groups excluding carboxylic acids is 1. The zero-order valence-electron chi connectivity index (χ0n) is 17.4. The molecule has 3 rings (SSSR count). The van der Waals surface area contributed by atoms with E-state index in [1.807, 2.05) is 19.9 Å². The molecule has 0 unspecified atom stereocenters. The predicted octanol–water partition coefficient (Wildman–Crippen LogP) is 0.390. The predicted molar refractivity (Wildman–Crippen MR) is 112 cm³/mol. The third kappa shape index (κ3) is 3.80. The molecule has 1 N–H and O–H groups in total. The molecule has 0 fully saturated rings. The van der Waals surface area contributed by atoms with Gasteiger partial charge in [0.2, 0.25) is 20.9 Å². The highest BCUT2D eigenvalue weighted by molar-refractivity contribution is 7.91. The first-order valence-corrected chi connectivity index (χ1v) is 10.8. The number of nitrogens with one attached hydrogen (secondary N) is 1. The number of benzene rings is 1. The minimum atomic E-state index is -3.99. The van der Waals surface area contributed by atoms with Gasteiger partial charge in [-0.3, -0.25) is 18.7 Å². The molecule has 10 nitrogen and oxygen atoms in total. The Morgan fingerprint density at radius 2 is 1.60 bits per heavy atom. The van der Waals surface area contributed by atoms with Gasteiger partial charge in [0.05, 0.1) is 5.75 Å². The average molecular weight is 433 g/mol. The van der Waals surface area contributed by atoms with E-state index in [-0.39, 0.29) is 22.7 Å². The van der Waals surface area contributed by atoms with Crippen LogP contribution in [0.25, 0.3) is 11.2 Å². The van der Waals surface area contributed by atoms with Crippen molar-refractivity contribution in [2.45, 2.75) is 25.4 Å². The summed E-state index contributed by atoms with van der Waals surface area (Å²) < 4.78 is 28.9. The number of sulfone groups is 1. The van der Waals surface area contributed by atoms with E-state index >= 15 is 0 Å². The smallest absolute Gasteiger partial charge is 0.326 e. The third-order valence-electron chi connectivity index (χ3n) is 4.80. The zero-order valence-corrected chi connectivity index (χ0v) is 18.2. The maximum absolute atomic E-state index is 12.8. The summed E-state index contributed by atoms with van der Waals surface area (Å²) >= 11 is 0. The van der Waals surface area contributed by atoms with Gasteiger partial charge in [0, 0.05) is 33.3 Å². The number of hydrogen-bond acceptors (Lipinski definition) is 6. The molecule has 1 amide bonds. The monoisotopic (exact) mass is 433 g/mol. The molecular formula is C19H23N5O5S. The van der Waals surface area contributed by atoms with Crippen LogP contribution >= 0.6 is 0 Å². The number of anilines is 1. The van der Waals surface area contributed by atoms with Crippen molar-refractivity contribution in [2.24, 2.45) is 21.1 Å². The summed E-state index contributed by atoms with van der Waals surface area (Å²) in [6, 6.07) is 5.55. The second-order valence-electron chi connectivity index (χ2n) is 7.32. The van der Waals surface area contributed by atoms with Crippen LogP contribution in [0.4, 0.5) is 5.69 Å². The fraction of sp³-hybridized carbons (Fsp3) is 0.368. The van der Waals surface area contributed by atoms with Gasteiger partial charge in [-0.2, -0.15) is 0 Å². The lowest BCUT2D eigenvalue weighted by molar-refractivity contribution is -0.115. The normalized spacial score (nSPS) is 11.8. The number of imidazole rings is 1. The molecule has 2 heterocycles. The number of aryl methyl sites for hydroxylation is 4. The van der Waals surface area contributed by atoms with Crippen LogP contribution in [-0.4, -0.2) is 38.8 Å². The van der Waals surface area contributed by atoms with Crippen LogP contribution in [0.2, 0.25) is 0 Å². The number of nitrogens with zero attached hydrogens (tertiary/aromatic N) is 4. The second-order valence-corrected chi connectivity index (χ2v) is 9.33. The second kappa shape index (κ2) is 7.56. The van der Waals surface area contributed by atoms with Crippen molar-refractivity contribution in [3.8, 4) is 0 Å². The number of aromatic nitrogens is 4. The molecule has 0 saturated heterocycles. The topological polar surface area (TPSA) is 125 Å². The molecule has 0 aliphatic heterocycles. The van der Waals surface area contributed by atoms with E-state index in [0.717, 1.165) is 20.3 Å². The van der Waals surface area contributed by atoms with E-state index in [1.54, 1.807) is 12.1 Å². The highest BCUT2D eigenvalue weighted by atomic mass is 32.2. The van der Waals surface area contributed by atoms with Crippen LogP contribution in [0.15, 0.2) is 32.9 Å². The van der Waals surface area contributed by atoms with E-state index in [2.05, 4.69) is 10.3 Å². The van der Waals surface area contributed by atoms with Crippen LogP contribution in [0.5, 0.6) is 0 Å². The standard InChI is InChI=1S/C19H23N5O5S/c1-11-8-12(2)10-13(9-11)20-14(25)6-7-30(28,29)18-21-15-16(22(18)3)23(4)19(27)24(5)17(15)26/h8-10H,6-7H2,1-5H3,(H,20,25). The Labute approximate surface area is 172 Å². The summed E-state index contributed by atoms with van der Waals surface area (Å²) in [6.07, 6.45) is -0.282. The van der Waals surface area contributed by atoms with E-state index in [4.69, 9.17) is 0 Å². The van der Waals surface area contributed by atoms with Crippen molar-refractivity contribution < 1.29 is 13.2 Å². The molecule has 0 aliphatic rings. The third-order valence-corrected chi connectivity index (χ3v) is 6.47. The van der Waals surface area contributed by atoms with Gasteiger partial charge in [0.25, 0.3) is 5.56 Å². The van der Waals surface area contributed by atoms with Gasteiger partial charge >= 0.3 is 5.69 Å². The number of rotatable bonds is 5. The first kappa shape index (κ1) is 21.5. The fourth-order valence-corrected chi connectivity index (χ4v) is 4.80. The first-order chi connectivity index (χ1) is 13.9. The molecule has 0 radical (unpaired) electrons. The zero-order chi connectivity index (χ0) is 22.4. The quantitative estimate of drug-likeness (QED) is 0.621. The van der Waals surface area contributed by atoms with Crippen molar-refractivity contribution in [2.75, 3.05) is 11.1 Å². The summed E-state index contributed by atoms with van der Waals surface area (Å²) in [5.74, 6) is -0.944. The van der Waals surface area contributed by atoms with Crippen molar-refractivity contribution >= 4 is 32.6 Å². The summed E-state index contributed by atoms with van der Waals surface area (Å²) in [6.45, 7) is 3.80. The van der Waals surface area contributed by atoms with Gasteiger partial charge in [0.15, 0.2) is 11.2 Å². The minimum Gasteiger partial charge on any atom is -0.326 e. The lowest BCUT2D eigenvalue weighted by Crippen LogP contribution is -2.37. The van der Waals surface area contributed by atoms with Gasteiger partial charge in [-0.1, -0.05) is 6.07 Å². The van der Waals surface area contributed by atoms with Crippen molar-refractivity contribution in [3.05, 3.63) is 50.2 Å². The molecule has 160 valence electrons. The number of fused-ring (bicyclic) bond motifs is 1. The van der Waals surface area contributed by atoms with Gasteiger partial charge < -0.3 is 9.88 Å². The molecule has 11 heteroatoms. The summed E-state index contributed by atoms with van der Waals surface area (Å²) in [5, 5.41) is 2.33. The van der Waals surface area contributed by atoms with Crippen LogP contribution < -0.4 is 16.6 Å². The Hall–Kier alpha value is -3.21. The highest BCUT2D eigenvalue weighted by Crippen LogP contribution is 2.17. The van der Waals surface area contributed by atoms with Gasteiger partial charge in [0.1, 0.15) is 0 Å². The molecule has 2 aromatic heterocycles. The summed E-state index contributed by atoms with van der Waals surface area (Å²) in [4.78, 5) is 40.7. The van der Waals surface area contributed by atoms with Gasteiger partial charge in [-0.05, 0) is 37.1 Å². The molecule has 0 saturated carbocycles. The summed E-state index contributed by atoms with van der Waals surface area (Å²) in [7, 11) is 0.151. The van der Waals surface area contributed by atoms with Crippen LogP contribution in [0.1, 0.15) is 17.5 Å². The van der Waals surface area contributed by atoms with Gasteiger partial charge in [-0.15, -0.1) is 0 Å². The molecular weight excluding hydrogens is 410 g/mol. The van der Waals surface area contributed by atoms with Crippen molar-refractivity contribution in [1.29, 1.82) is 0 Å². The van der Waals surface area contributed by atoms with E-state index in [9.17, 15) is 22.8 Å². The van der Waals surface area contributed by atoms with Crippen LogP contribution in [0, 0.1) is 13.8 Å². The van der Waals surface area contributed by atoms with Crippen molar-refractivity contribution in [1.82, 2.24) is 18.7 Å². The van der Waals surface area contributed by atoms with E-state index in [1.165, 1.54) is 25.7 Å². The fourth-order valence-electron chi connectivity index (χ4n) is 3.43. The Morgan fingerprint density at radius 1 is 1.00 bits per heavy atom. The SMILES string of the molecule is Cc1cc(C)cc(NC(=O)CCS(=O)(=O)c2nc3c(=O)n(C)c(=O)n(C)c3n2C)c1. The number of carbonyl (C=O) groups is 1. The molecule has 30 heavy (non-hydrogen) atoms. The Bertz CT molecular complexity index is 1380. The number of hydrogen-bond donors (Lipinski definition) is 1. The molecule has 3 aromatic rings. The molecule has 0 bridgehead atoms.